The Hall–Kier alpha value is -1.91. The second-order valence-corrected chi connectivity index (χ2v) is 6.64. The molecule has 25 heavy (non-hydrogen) atoms. The van der Waals surface area contributed by atoms with Crippen LogP contribution in [-0.2, 0) is 19.3 Å². The van der Waals surface area contributed by atoms with E-state index in [4.69, 9.17) is 0 Å². The van der Waals surface area contributed by atoms with Crippen molar-refractivity contribution in [2.24, 2.45) is 0 Å². The van der Waals surface area contributed by atoms with Gasteiger partial charge in [0.25, 0.3) is 0 Å². The molecule has 1 aliphatic rings. The zero-order valence-electron chi connectivity index (χ0n) is 13.9. The van der Waals surface area contributed by atoms with Gasteiger partial charge >= 0.3 is 0 Å². The van der Waals surface area contributed by atoms with Crippen LogP contribution in [0.4, 0.5) is 22.0 Å². The summed E-state index contributed by atoms with van der Waals surface area (Å²) < 4.78 is 69.6. The average molecular weight is 354 g/mol. The molecule has 0 saturated carbocycles. The number of halogens is 5. The normalized spacial score (nSPS) is 16.8. The highest BCUT2D eigenvalue weighted by atomic mass is 19.2. The maximum absolute atomic E-state index is 14.5. The van der Waals surface area contributed by atoms with E-state index in [1.807, 2.05) is 6.92 Å². The van der Waals surface area contributed by atoms with E-state index in [0.717, 1.165) is 18.9 Å². The van der Waals surface area contributed by atoms with Gasteiger partial charge in [-0.1, -0.05) is 13.3 Å². The first-order chi connectivity index (χ1) is 11.9. The molecule has 1 aliphatic carbocycles. The molecule has 0 heterocycles. The van der Waals surface area contributed by atoms with Gasteiger partial charge in [-0.25, -0.2) is 22.0 Å². The van der Waals surface area contributed by atoms with Gasteiger partial charge in [0.2, 0.25) is 0 Å². The van der Waals surface area contributed by atoms with Crippen LogP contribution in [0.5, 0.6) is 0 Å². The van der Waals surface area contributed by atoms with E-state index in [9.17, 15) is 22.0 Å². The van der Waals surface area contributed by atoms with Crippen molar-refractivity contribution in [2.75, 3.05) is 0 Å². The van der Waals surface area contributed by atoms with Crippen LogP contribution in [0.1, 0.15) is 54.4 Å². The van der Waals surface area contributed by atoms with Crippen LogP contribution < -0.4 is 0 Å². The highest BCUT2D eigenvalue weighted by molar-refractivity contribution is 5.38. The Labute approximate surface area is 143 Å². The summed E-state index contributed by atoms with van der Waals surface area (Å²) in [5, 5.41) is 0. The minimum absolute atomic E-state index is 0.0453. The Morgan fingerprint density at radius 2 is 1.60 bits per heavy atom. The first-order valence-corrected chi connectivity index (χ1v) is 8.55. The first-order valence-electron chi connectivity index (χ1n) is 8.55. The lowest BCUT2D eigenvalue weighted by molar-refractivity contribution is 0.424. The van der Waals surface area contributed by atoms with Gasteiger partial charge in [0.15, 0.2) is 17.5 Å². The molecule has 0 amide bonds. The molecule has 2 aromatic carbocycles. The van der Waals surface area contributed by atoms with Crippen molar-refractivity contribution in [2.45, 2.75) is 51.4 Å². The van der Waals surface area contributed by atoms with Gasteiger partial charge in [-0.3, -0.25) is 0 Å². The topological polar surface area (TPSA) is 0 Å². The molecule has 0 fully saturated rings. The molecule has 0 bridgehead atoms. The Morgan fingerprint density at radius 3 is 2.24 bits per heavy atom. The van der Waals surface area contributed by atoms with E-state index in [0.29, 0.717) is 12.0 Å². The van der Waals surface area contributed by atoms with Gasteiger partial charge in [0.1, 0.15) is 11.6 Å². The summed E-state index contributed by atoms with van der Waals surface area (Å²) in [6.45, 7) is 2.00. The van der Waals surface area contributed by atoms with Crippen molar-refractivity contribution >= 4 is 0 Å². The van der Waals surface area contributed by atoms with Crippen LogP contribution in [0, 0.1) is 29.1 Å². The smallest absolute Gasteiger partial charge is 0.194 e. The maximum Gasteiger partial charge on any atom is 0.194 e. The Balaban J connectivity index is 1.92. The van der Waals surface area contributed by atoms with Gasteiger partial charge in [0, 0.05) is 5.56 Å². The molecule has 3 rings (SSSR count). The van der Waals surface area contributed by atoms with Gasteiger partial charge in [-0.15, -0.1) is 0 Å². The van der Waals surface area contributed by atoms with Gasteiger partial charge < -0.3 is 0 Å². The quantitative estimate of drug-likeness (QED) is 0.467. The summed E-state index contributed by atoms with van der Waals surface area (Å²) >= 11 is 0. The fourth-order valence-corrected chi connectivity index (χ4v) is 3.62. The second kappa shape index (κ2) is 7.14. The second-order valence-electron chi connectivity index (χ2n) is 6.64. The lowest BCUT2D eigenvalue weighted by Gasteiger charge is -2.26. The van der Waals surface area contributed by atoms with Crippen molar-refractivity contribution in [3.8, 4) is 0 Å². The number of fused-ring (bicyclic) bond motifs is 1. The van der Waals surface area contributed by atoms with Crippen molar-refractivity contribution in [1.82, 2.24) is 0 Å². The zero-order chi connectivity index (χ0) is 18.1. The minimum Gasteiger partial charge on any atom is -0.207 e. The van der Waals surface area contributed by atoms with Gasteiger partial charge in [0.05, 0.1) is 0 Å². The molecular formula is C20H19F5. The summed E-state index contributed by atoms with van der Waals surface area (Å²) in [5.41, 5.74) is 0.948. The highest BCUT2D eigenvalue weighted by Crippen LogP contribution is 2.37. The van der Waals surface area contributed by atoms with E-state index < -0.39 is 35.0 Å². The number of benzene rings is 2. The molecule has 0 spiro atoms. The van der Waals surface area contributed by atoms with Crippen LogP contribution in [0.15, 0.2) is 18.2 Å². The third-order valence-corrected chi connectivity index (χ3v) is 4.93. The number of aryl methyl sites for hydroxylation is 1. The van der Waals surface area contributed by atoms with Crippen LogP contribution in [0.2, 0.25) is 0 Å². The molecule has 0 saturated heterocycles. The SMILES string of the molecule is CCCCc1cc(F)c(C2CCc3c(cc(F)c(F)c3F)C2)c(F)c1. The average Bonchev–Trinajstić information content (AvgIpc) is 2.57. The van der Waals surface area contributed by atoms with E-state index in [-0.39, 0.29) is 36.0 Å². The van der Waals surface area contributed by atoms with Gasteiger partial charge in [-0.05, 0) is 72.9 Å². The lowest BCUT2D eigenvalue weighted by atomic mass is 9.79. The van der Waals surface area contributed by atoms with Crippen molar-refractivity contribution in [3.63, 3.8) is 0 Å². The molecule has 134 valence electrons. The zero-order valence-corrected chi connectivity index (χ0v) is 13.9. The highest BCUT2D eigenvalue weighted by Gasteiger charge is 2.29. The van der Waals surface area contributed by atoms with E-state index in [1.165, 1.54) is 12.1 Å². The van der Waals surface area contributed by atoms with Crippen LogP contribution in [0.25, 0.3) is 0 Å². The standard InChI is InChI=1S/C20H19F5/c1-2-3-4-11-7-15(21)18(16(22)8-11)12-5-6-14-13(9-12)10-17(23)20(25)19(14)24/h7-8,10,12H,2-6,9H2,1H3. The third-order valence-electron chi connectivity index (χ3n) is 4.93. The van der Waals surface area contributed by atoms with Crippen LogP contribution >= 0.6 is 0 Å². The molecule has 1 atom stereocenters. The Bertz CT molecular complexity index is 774. The predicted octanol–water partition coefficient (Wildman–Crippen LogP) is 6.00. The molecule has 0 radical (unpaired) electrons. The molecule has 0 nitrogen and oxygen atoms in total. The third kappa shape index (κ3) is 3.42. The molecule has 2 aromatic rings. The van der Waals surface area contributed by atoms with E-state index >= 15 is 0 Å². The van der Waals surface area contributed by atoms with Crippen molar-refractivity contribution in [1.29, 1.82) is 0 Å². The fraction of sp³-hybridized carbons (Fsp3) is 0.400. The Morgan fingerprint density at radius 1 is 0.920 bits per heavy atom. The molecular weight excluding hydrogens is 335 g/mol. The molecule has 1 unspecified atom stereocenters. The Kier molecular flexibility index (Phi) is 5.11. The van der Waals surface area contributed by atoms with E-state index in [1.54, 1.807) is 0 Å². The molecule has 0 aliphatic heterocycles. The predicted molar refractivity (Wildman–Crippen MR) is 86.1 cm³/mol. The summed E-state index contributed by atoms with van der Waals surface area (Å²) in [4.78, 5) is 0. The largest absolute Gasteiger partial charge is 0.207 e. The molecule has 5 heteroatoms. The van der Waals surface area contributed by atoms with Crippen LogP contribution in [0.3, 0.4) is 0 Å². The number of hydrogen-bond acceptors (Lipinski definition) is 0. The number of unbranched alkanes of at least 4 members (excludes halogenated alkanes) is 1. The summed E-state index contributed by atoms with van der Waals surface area (Å²) in [5.74, 6) is -5.71. The molecule has 0 aromatic heterocycles. The summed E-state index contributed by atoms with van der Waals surface area (Å²) in [6, 6.07) is 3.62. The minimum atomic E-state index is -1.49. The van der Waals surface area contributed by atoms with Crippen LogP contribution in [-0.4, -0.2) is 0 Å². The van der Waals surface area contributed by atoms with E-state index in [2.05, 4.69) is 0 Å². The number of rotatable bonds is 4. The number of hydrogen-bond donors (Lipinski definition) is 0. The van der Waals surface area contributed by atoms with Gasteiger partial charge in [-0.2, -0.15) is 0 Å². The lowest BCUT2D eigenvalue weighted by Crippen LogP contribution is -2.18. The monoisotopic (exact) mass is 354 g/mol. The van der Waals surface area contributed by atoms with Crippen molar-refractivity contribution < 1.29 is 22.0 Å². The first kappa shape index (κ1) is 17.9. The maximum atomic E-state index is 14.5. The summed E-state index contributed by atoms with van der Waals surface area (Å²) in [6.07, 6.45) is 2.88. The molecule has 0 N–H and O–H groups in total. The summed E-state index contributed by atoms with van der Waals surface area (Å²) in [7, 11) is 0. The van der Waals surface area contributed by atoms with Crippen molar-refractivity contribution in [3.05, 3.63) is 69.5 Å². The fourth-order valence-electron chi connectivity index (χ4n) is 3.62.